The number of nitrogens with two attached hydrogens (primary N) is 6. The Morgan fingerprint density at radius 1 is 0.682 bits per heavy atom. The molecule has 0 spiro atoms. The van der Waals surface area contributed by atoms with E-state index in [0.717, 1.165) is 27.5 Å². The first-order valence-electron chi connectivity index (χ1n) is 14.4. The van der Waals surface area contributed by atoms with Crippen LogP contribution in [-0.2, 0) is 20.8 Å². The van der Waals surface area contributed by atoms with Crippen LogP contribution in [0.4, 0.5) is 0 Å². The summed E-state index contributed by atoms with van der Waals surface area (Å²) in [5.74, 6) is -1.94. The minimum Gasteiger partial charge on any atom is -0.370 e. The van der Waals surface area contributed by atoms with E-state index in [9.17, 15) is 14.4 Å². The molecule has 234 valence electrons. The number of benzene rings is 3. The molecule has 0 unspecified atom stereocenters. The van der Waals surface area contributed by atoms with Gasteiger partial charge in [-0.15, -0.1) is 0 Å². The third-order valence-electron chi connectivity index (χ3n) is 7.04. The van der Waals surface area contributed by atoms with Gasteiger partial charge in [0.05, 0.1) is 6.04 Å². The summed E-state index contributed by atoms with van der Waals surface area (Å²) in [6.45, 7) is 0.580. The lowest BCUT2D eigenvalue weighted by atomic mass is 9.96. The van der Waals surface area contributed by atoms with Crippen LogP contribution in [0.5, 0.6) is 0 Å². The molecule has 0 aromatic heterocycles. The van der Waals surface area contributed by atoms with Crippen molar-refractivity contribution in [3.8, 4) is 11.1 Å². The quantitative estimate of drug-likeness (QED) is 0.0624. The van der Waals surface area contributed by atoms with Gasteiger partial charge in [0.2, 0.25) is 17.7 Å². The van der Waals surface area contributed by atoms with Crippen LogP contribution >= 0.6 is 0 Å². The Morgan fingerprint density at radius 3 is 1.91 bits per heavy atom. The molecule has 3 amide bonds. The lowest BCUT2D eigenvalue weighted by molar-refractivity contribution is -0.131. The van der Waals surface area contributed by atoms with Crippen molar-refractivity contribution in [3.05, 3.63) is 72.3 Å². The number of amides is 3. The van der Waals surface area contributed by atoms with Gasteiger partial charge in [-0.1, -0.05) is 66.7 Å². The number of aliphatic imine (C=N–C) groups is 2. The summed E-state index contributed by atoms with van der Waals surface area (Å²) in [6.07, 6.45) is 1.53. The Balaban J connectivity index is 1.77. The second-order valence-corrected chi connectivity index (χ2v) is 10.5. The van der Waals surface area contributed by atoms with Gasteiger partial charge in [-0.05, 0) is 53.1 Å². The molecule has 0 saturated carbocycles. The summed E-state index contributed by atoms with van der Waals surface area (Å²) in [6, 6.07) is 19.1. The molecule has 0 radical (unpaired) electrons. The first kappa shape index (κ1) is 33.3. The molecular formula is C31H42N10O3. The Bertz CT molecular complexity index is 1480. The van der Waals surface area contributed by atoms with Crippen LogP contribution in [0.15, 0.2) is 76.7 Å². The van der Waals surface area contributed by atoms with Crippen LogP contribution < -0.4 is 45.0 Å². The van der Waals surface area contributed by atoms with Crippen molar-refractivity contribution in [2.75, 3.05) is 13.1 Å². The number of carbonyl (C=O) groups excluding carboxylic acids is 3. The zero-order chi connectivity index (χ0) is 32.1. The number of hydrogen-bond acceptors (Lipinski definition) is 6. The maximum absolute atomic E-state index is 13.4. The van der Waals surface area contributed by atoms with Crippen molar-refractivity contribution >= 4 is 40.4 Å². The number of nitrogens with zero attached hydrogens (tertiary/aromatic N) is 2. The minimum atomic E-state index is -1.03. The average Bonchev–Trinajstić information content (AvgIpc) is 3.00. The normalized spacial score (nSPS) is 12.8. The molecule has 0 heterocycles. The van der Waals surface area contributed by atoms with Gasteiger partial charge < -0.3 is 45.0 Å². The molecule has 0 fully saturated rings. The van der Waals surface area contributed by atoms with Gasteiger partial charge in [0.1, 0.15) is 12.1 Å². The zero-order valence-electron chi connectivity index (χ0n) is 24.6. The molecule has 13 heteroatoms. The Labute approximate surface area is 256 Å². The van der Waals surface area contributed by atoms with E-state index in [1.165, 1.54) is 0 Å². The highest BCUT2D eigenvalue weighted by Crippen LogP contribution is 2.28. The Kier molecular flexibility index (Phi) is 12.5. The van der Waals surface area contributed by atoms with E-state index in [-0.39, 0.29) is 31.3 Å². The number of primary amides is 1. The summed E-state index contributed by atoms with van der Waals surface area (Å²) in [4.78, 5) is 46.3. The smallest absolute Gasteiger partial charge is 0.243 e. The van der Waals surface area contributed by atoms with E-state index in [2.05, 4.69) is 44.9 Å². The third kappa shape index (κ3) is 10.3. The molecule has 3 aromatic rings. The molecule has 13 nitrogen and oxygen atoms in total. The minimum absolute atomic E-state index is 0.0477. The van der Waals surface area contributed by atoms with Crippen LogP contribution in [0.2, 0.25) is 0 Å². The summed E-state index contributed by atoms with van der Waals surface area (Å²) in [5, 5.41) is 7.66. The van der Waals surface area contributed by atoms with Gasteiger partial charge in [-0.2, -0.15) is 0 Å². The van der Waals surface area contributed by atoms with Crippen molar-refractivity contribution in [1.29, 1.82) is 0 Å². The van der Waals surface area contributed by atoms with Gasteiger partial charge in [0.25, 0.3) is 0 Å². The highest BCUT2D eigenvalue weighted by molar-refractivity contribution is 5.97. The summed E-state index contributed by atoms with van der Waals surface area (Å²) in [5.41, 5.74) is 35.9. The number of guanidine groups is 2. The van der Waals surface area contributed by atoms with E-state index in [1.807, 2.05) is 42.5 Å². The molecule has 3 rings (SSSR count). The Hall–Kier alpha value is -5.17. The molecular weight excluding hydrogens is 560 g/mol. The van der Waals surface area contributed by atoms with Gasteiger partial charge in [0, 0.05) is 19.5 Å². The van der Waals surface area contributed by atoms with Crippen molar-refractivity contribution in [2.45, 2.75) is 50.2 Å². The van der Waals surface area contributed by atoms with E-state index in [0.29, 0.717) is 25.8 Å². The number of carbonyl (C=O) groups is 3. The molecule has 0 aliphatic carbocycles. The van der Waals surface area contributed by atoms with Crippen molar-refractivity contribution in [3.63, 3.8) is 0 Å². The summed E-state index contributed by atoms with van der Waals surface area (Å²) in [7, 11) is 0. The van der Waals surface area contributed by atoms with E-state index in [4.69, 9.17) is 34.4 Å². The fourth-order valence-corrected chi connectivity index (χ4v) is 4.73. The highest BCUT2D eigenvalue weighted by Gasteiger charge is 2.27. The Morgan fingerprint density at radius 2 is 1.27 bits per heavy atom. The second-order valence-electron chi connectivity index (χ2n) is 10.5. The predicted molar refractivity (Wildman–Crippen MR) is 174 cm³/mol. The van der Waals surface area contributed by atoms with Gasteiger partial charge >= 0.3 is 0 Å². The van der Waals surface area contributed by atoms with Crippen molar-refractivity contribution in [2.24, 2.45) is 44.4 Å². The monoisotopic (exact) mass is 602 g/mol. The van der Waals surface area contributed by atoms with Crippen LogP contribution in [0.1, 0.15) is 31.2 Å². The lowest BCUT2D eigenvalue weighted by Crippen LogP contribution is -2.56. The fourth-order valence-electron chi connectivity index (χ4n) is 4.73. The van der Waals surface area contributed by atoms with Gasteiger partial charge in [-0.25, -0.2) is 0 Å². The highest BCUT2D eigenvalue weighted by atomic mass is 16.2. The fraction of sp³-hybridized carbons (Fsp3) is 0.323. The molecule has 14 N–H and O–H groups in total. The number of nitrogens with one attached hydrogen (secondary N) is 2. The van der Waals surface area contributed by atoms with Crippen LogP contribution in [0, 0.1) is 0 Å². The molecule has 0 bridgehead atoms. The SMILES string of the molecule is NC(=O)[C@H](CCCN=C(N)N)NC(=O)[C@H](Cc1ccc(-c2cccc3ccccc23)cc1)NC(=O)[C@@H](N)CCCN=C(N)N. The van der Waals surface area contributed by atoms with Crippen LogP contribution in [0.3, 0.4) is 0 Å². The molecule has 3 atom stereocenters. The van der Waals surface area contributed by atoms with Gasteiger partial charge in [0.15, 0.2) is 11.9 Å². The standard InChI is InChI=1S/C31H42N10O3/c32-24(10-4-16-38-30(34)35)28(43)41-26(29(44)40-25(27(33)42)11-5-17-39-31(36)37)18-19-12-14-21(15-13-19)23-9-3-7-20-6-1-2-8-22(20)23/h1-3,6-9,12-15,24-26H,4-5,10-11,16-18,32H2,(H2,33,42)(H,40,44)(H,41,43)(H4,34,35,38)(H4,36,37,39)/t24-,25-,26-/m0/s1. The number of rotatable bonds is 16. The largest absolute Gasteiger partial charge is 0.370 e. The van der Waals surface area contributed by atoms with Crippen LogP contribution in [0.25, 0.3) is 21.9 Å². The molecule has 0 aliphatic heterocycles. The maximum Gasteiger partial charge on any atom is 0.243 e. The topological polar surface area (TPSA) is 256 Å². The summed E-state index contributed by atoms with van der Waals surface area (Å²) >= 11 is 0. The predicted octanol–water partition coefficient (Wildman–Crippen LogP) is -0.0613. The maximum atomic E-state index is 13.4. The first-order valence-corrected chi connectivity index (χ1v) is 14.4. The van der Waals surface area contributed by atoms with E-state index >= 15 is 0 Å². The third-order valence-corrected chi connectivity index (χ3v) is 7.04. The zero-order valence-corrected chi connectivity index (χ0v) is 24.6. The molecule has 3 aromatic carbocycles. The molecule has 0 aliphatic rings. The average molecular weight is 603 g/mol. The molecule has 0 saturated heterocycles. The first-order chi connectivity index (χ1) is 21.0. The number of hydrogen-bond donors (Lipinski definition) is 8. The van der Waals surface area contributed by atoms with Crippen molar-refractivity contribution in [1.82, 2.24) is 10.6 Å². The van der Waals surface area contributed by atoms with E-state index in [1.54, 1.807) is 0 Å². The number of fused-ring (bicyclic) bond motifs is 1. The summed E-state index contributed by atoms with van der Waals surface area (Å²) < 4.78 is 0. The second kappa shape index (κ2) is 16.5. The lowest BCUT2D eigenvalue weighted by Gasteiger charge is -2.23. The van der Waals surface area contributed by atoms with Crippen LogP contribution in [-0.4, -0.2) is 60.9 Å². The van der Waals surface area contributed by atoms with Crippen molar-refractivity contribution < 1.29 is 14.4 Å². The van der Waals surface area contributed by atoms with Gasteiger partial charge in [-0.3, -0.25) is 24.4 Å². The molecule has 44 heavy (non-hydrogen) atoms. The van der Waals surface area contributed by atoms with E-state index < -0.39 is 35.8 Å².